The number of amides is 1. The van der Waals surface area contributed by atoms with E-state index in [0.717, 1.165) is 18.1 Å². The summed E-state index contributed by atoms with van der Waals surface area (Å²) in [4.78, 5) is 29.2. The Balaban J connectivity index is 1.82. The number of hydrogen-bond donors (Lipinski definition) is 1. The van der Waals surface area contributed by atoms with Crippen molar-refractivity contribution in [3.05, 3.63) is 87.6 Å². The smallest absolute Gasteiger partial charge is 0.445 e. The maximum Gasteiger partial charge on any atom is 0.452 e. The van der Waals surface area contributed by atoms with E-state index in [-0.39, 0.29) is 11.8 Å². The molecule has 1 amide bonds. The summed E-state index contributed by atoms with van der Waals surface area (Å²) in [6.45, 7) is 5.43. The first-order valence-electron chi connectivity index (χ1n) is 11.5. The number of rotatable bonds is 8. The van der Waals surface area contributed by atoms with Gasteiger partial charge in [-0.05, 0) is 62.6 Å². The van der Waals surface area contributed by atoms with Gasteiger partial charge in [0.2, 0.25) is 5.76 Å². The Morgan fingerprint density at radius 3 is 2.45 bits per heavy atom. The lowest BCUT2D eigenvalue weighted by atomic mass is 9.85. The number of aromatic nitrogens is 1. The first-order valence-corrected chi connectivity index (χ1v) is 11.9. The van der Waals surface area contributed by atoms with Crippen LogP contribution in [0.2, 0.25) is 5.02 Å². The topological polar surface area (TPSA) is 105 Å². The average Bonchev–Trinajstić information content (AvgIpc) is 3.26. The van der Waals surface area contributed by atoms with Gasteiger partial charge in [-0.3, -0.25) is 4.79 Å². The van der Waals surface area contributed by atoms with Crippen molar-refractivity contribution in [2.24, 2.45) is 0 Å². The molecular weight excluding hydrogens is 523 g/mol. The van der Waals surface area contributed by atoms with Crippen molar-refractivity contribution >= 4 is 23.5 Å². The molecule has 0 spiro atoms. The predicted molar refractivity (Wildman–Crippen MR) is 132 cm³/mol. The van der Waals surface area contributed by atoms with E-state index in [1.54, 1.807) is 37.3 Å². The normalized spacial score (nSPS) is 13.3. The average molecular weight is 548 g/mol. The van der Waals surface area contributed by atoms with Crippen LogP contribution >= 0.6 is 11.6 Å². The second-order valence-electron chi connectivity index (χ2n) is 9.24. The van der Waals surface area contributed by atoms with E-state index >= 15 is 0 Å². The summed E-state index contributed by atoms with van der Waals surface area (Å²) >= 11 is 6.00. The molecule has 1 N–H and O–H groups in total. The van der Waals surface area contributed by atoms with Gasteiger partial charge in [-0.15, -0.1) is 0 Å². The van der Waals surface area contributed by atoms with Crippen LogP contribution in [-0.4, -0.2) is 28.5 Å². The highest BCUT2D eigenvalue weighted by molar-refractivity contribution is 6.30. The van der Waals surface area contributed by atoms with Gasteiger partial charge >= 0.3 is 12.1 Å². The van der Waals surface area contributed by atoms with Crippen molar-refractivity contribution in [1.82, 2.24) is 10.3 Å². The van der Waals surface area contributed by atoms with Crippen LogP contribution in [0.25, 0.3) is 0 Å². The molecule has 200 valence electrons. The molecule has 0 radical (unpaired) electrons. The van der Waals surface area contributed by atoms with Crippen LogP contribution in [0.1, 0.15) is 65.5 Å². The van der Waals surface area contributed by atoms with Crippen LogP contribution in [0.15, 0.2) is 52.9 Å². The molecule has 2 atom stereocenters. The third kappa shape index (κ3) is 6.92. The Morgan fingerprint density at radius 2 is 1.84 bits per heavy atom. The molecule has 2 aromatic carbocycles. The Labute approximate surface area is 222 Å². The number of carbonyl (C=O) groups is 2. The summed E-state index contributed by atoms with van der Waals surface area (Å²) in [5.41, 5.74) is -0.748. The van der Waals surface area contributed by atoms with E-state index in [1.807, 2.05) is 18.2 Å². The molecule has 0 saturated heterocycles. The van der Waals surface area contributed by atoms with Gasteiger partial charge in [-0.1, -0.05) is 35.9 Å². The van der Waals surface area contributed by atoms with Crippen LogP contribution in [0, 0.1) is 18.3 Å². The van der Waals surface area contributed by atoms with Gasteiger partial charge in [0.25, 0.3) is 5.91 Å². The fraction of sp³-hybridized carbons (Fsp3) is 0.333. The zero-order chi connectivity index (χ0) is 28.3. The minimum absolute atomic E-state index is 0.310. The Kier molecular flexibility index (Phi) is 8.52. The summed E-state index contributed by atoms with van der Waals surface area (Å²) in [5.74, 6) is -4.45. The van der Waals surface area contributed by atoms with E-state index in [1.165, 1.54) is 13.8 Å². The third-order valence-corrected chi connectivity index (χ3v) is 6.11. The second kappa shape index (κ2) is 11.3. The molecule has 11 heteroatoms. The molecule has 1 heterocycles. The van der Waals surface area contributed by atoms with Crippen LogP contribution < -0.4 is 5.32 Å². The van der Waals surface area contributed by atoms with Crippen molar-refractivity contribution in [3.63, 3.8) is 0 Å². The van der Waals surface area contributed by atoms with E-state index in [2.05, 4.69) is 20.8 Å². The predicted octanol–water partition coefficient (Wildman–Crippen LogP) is 5.99. The number of halogens is 4. The van der Waals surface area contributed by atoms with E-state index in [0.29, 0.717) is 17.0 Å². The second-order valence-corrected chi connectivity index (χ2v) is 9.68. The number of nitrogens with one attached hydrogen (secondary N) is 1. The molecule has 3 aromatic rings. The Morgan fingerprint density at radius 1 is 1.18 bits per heavy atom. The van der Waals surface area contributed by atoms with Crippen LogP contribution in [-0.2, 0) is 22.1 Å². The van der Waals surface area contributed by atoms with Gasteiger partial charge in [0.15, 0.2) is 17.2 Å². The van der Waals surface area contributed by atoms with Crippen molar-refractivity contribution in [2.45, 2.75) is 57.9 Å². The summed E-state index contributed by atoms with van der Waals surface area (Å²) in [6, 6.07) is 15.7. The van der Waals surface area contributed by atoms with E-state index in [4.69, 9.17) is 16.3 Å². The van der Waals surface area contributed by atoms with Gasteiger partial charge < -0.3 is 14.5 Å². The summed E-state index contributed by atoms with van der Waals surface area (Å²) in [7, 11) is 0. The lowest BCUT2D eigenvalue weighted by Gasteiger charge is -2.30. The van der Waals surface area contributed by atoms with Gasteiger partial charge in [0, 0.05) is 23.9 Å². The van der Waals surface area contributed by atoms with Crippen molar-refractivity contribution in [1.29, 1.82) is 5.26 Å². The number of nitrogens with zero attached hydrogens (tertiary/aromatic N) is 2. The quantitative estimate of drug-likeness (QED) is 0.347. The maximum atomic E-state index is 13.2. The molecule has 38 heavy (non-hydrogen) atoms. The largest absolute Gasteiger partial charge is 0.452 e. The number of ether oxygens (including phenoxy) is 1. The number of aryl methyl sites for hydroxylation is 1. The summed E-state index contributed by atoms with van der Waals surface area (Å²) in [5, 5.41) is 12.7. The number of esters is 1. The highest BCUT2D eigenvalue weighted by Gasteiger charge is 2.44. The molecule has 7 nitrogen and oxygen atoms in total. The molecular formula is C27H25ClF3N3O4. The Bertz CT molecular complexity index is 1360. The van der Waals surface area contributed by atoms with Crippen LogP contribution in [0.4, 0.5) is 13.2 Å². The maximum absolute atomic E-state index is 13.2. The van der Waals surface area contributed by atoms with Crippen molar-refractivity contribution in [2.75, 3.05) is 0 Å². The van der Waals surface area contributed by atoms with Gasteiger partial charge in [-0.25, -0.2) is 9.78 Å². The number of carbonyl (C=O) groups excluding carboxylic acids is 2. The highest BCUT2D eigenvalue weighted by atomic mass is 35.5. The minimum atomic E-state index is -4.97. The molecule has 0 aliphatic rings. The number of alkyl halides is 3. The highest BCUT2D eigenvalue weighted by Crippen LogP contribution is 2.33. The summed E-state index contributed by atoms with van der Waals surface area (Å²) < 4.78 is 49.4. The number of hydrogen-bond acceptors (Lipinski definition) is 6. The third-order valence-electron chi connectivity index (χ3n) is 5.85. The Hall–Kier alpha value is -3.84. The molecule has 0 aliphatic carbocycles. The minimum Gasteiger partial charge on any atom is -0.445 e. The molecule has 1 aromatic heterocycles. The monoisotopic (exact) mass is 547 g/mol. The van der Waals surface area contributed by atoms with Gasteiger partial charge in [0.1, 0.15) is 0 Å². The zero-order valence-corrected chi connectivity index (χ0v) is 21.8. The molecule has 0 unspecified atom stereocenters. The molecule has 0 saturated carbocycles. The first kappa shape index (κ1) is 28.7. The molecule has 0 bridgehead atoms. The van der Waals surface area contributed by atoms with Gasteiger partial charge in [-0.2, -0.15) is 18.4 Å². The van der Waals surface area contributed by atoms with Crippen LogP contribution in [0.5, 0.6) is 0 Å². The standard InChI is InChI=1S/C27H25ClF3N3O4/c1-15(21(13-17-8-10-20(28)11-9-17)19-7-5-6-18(12-19)14-32)33-25(36)26(3,4)38-24(35)22-23(27(29,30)31)37-16(2)34-22/h5-12,15,21H,13H2,1-4H3,(H,33,36)/t15-,21+/m0/s1. The number of benzene rings is 2. The van der Waals surface area contributed by atoms with Crippen LogP contribution in [0.3, 0.4) is 0 Å². The zero-order valence-electron chi connectivity index (χ0n) is 21.0. The SMILES string of the molecule is Cc1nc(C(=O)OC(C)(C)C(=O)N[C@@H](C)[C@@H](Cc2ccc(Cl)cc2)c2cccc(C#N)c2)c(C(F)(F)F)o1. The van der Waals surface area contributed by atoms with E-state index < -0.39 is 41.1 Å². The molecule has 3 rings (SSSR count). The lowest BCUT2D eigenvalue weighted by Crippen LogP contribution is -2.50. The number of oxazole rings is 1. The fourth-order valence-electron chi connectivity index (χ4n) is 3.86. The summed E-state index contributed by atoms with van der Waals surface area (Å²) in [6.07, 6.45) is -4.50. The van der Waals surface area contributed by atoms with E-state index in [9.17, 15) is 28.0 Å². The number of nitriles is 1. The molecule has 0 fully saturated rings. The van der Waals surface area contributed by atoms with Gasteiger partial charge in [0.05, 0.1) is 11.6 Å². The lowest BCUT2D eigenvalue weighted by molar-refractivity contribution is -0.154. The van der Waals surface area contributed by atoms with Crippen molar-refractivity contribution in [3.8, 4) is 6.07 Å². The fourth-order valence-corrected chi connectivity index (χ4v) is 3.99. The molecule has 0 aliphatic heterocycles. The van der Waals surface area contributed by atoms with Crippen molar-refractivity contribution < 1.29 is 31.9 Å². The first-order chi connectivity index (χ1) is 17.7.